The Morgan fingerprint density at radius 1 is 0.460 bits per heavy atom. The molecular formula is C61H80B2. The van der Waals surface area contributed by atoms with Gasteiger partial charge in [0.15, 0.2) is 0 Å². The van der Waals surface area contributed by atoms with Crippen molar-refractivity contribution in [2.24, 2.45) is 5.41 Å². The van der Waals surface area contributed by atoms with Crippen LogP contribution in [0.4, 0.5) is 0 Å². The molecule has 0 aliphatic carbocycles. The van der Waals surface area contributed by atoms with Crippen molar-refractivity contribution in [3.05, 3.63) is 251 Å². The van der Waals surface area contributed by atoms with Gasteiger partial charge < -0.3 is 0 Å². The lowest BCUT2D eigenvalue weighted by Gasteiger charge is -2.24. The van der Waals surface area contributed by atoms with Crippen LogP contribution in [0.25, 0.3) is 11.1 Å². The zero-order valence-electron chi connectivity index (χ0n) is 41.9. The number of benzene rings is 2. The molecule has 2 rings (SSSR count). The summed E-state index contributed by atoms with van der Waals surface area (Å²) in [7, 11) is 4.55. The van der Waals surface area contributed by atoms with Crippen LogP contribution in [0.3, 0.4) is 0 Å². The van der Waals surface area contributed by atoms with Crippen LogP contribution >= 0.6 is 0 Å². The zero-order chi connectivity index (χ0) is 47.8. The molecule has 0 fully saturated rings. The predicted molar refractivity (Wildman–Crippen MR) is 293 cm³/mol. The van der Waals surface area contributed by atoms with Crippen molar-refractivity contribution in [1.29, 1.82) is 0 Å². The van der Waals surface area contributed by atoms with E-state index in [1.54, 1.807) is 0 Å². The van der Waals surface area contributed by atoms with E-state index in [9.17, 15) is 0 Å². The fourth-order valence-corrected chi connectivity index (χ4v) is 6.10. The molecule has 2 radical (unpaired) electrons. The number of allylic oxidation sites excluding steroid dienone is 28. The first-order chi connectivity index (χ1) is 30.2. The van der Waals surface area contributed by atoms with Gasteiger partial charge in [0, 0.05) is 0 Å². The Morgan fingerprint density at radius 3 is 0.905 bits per heavy atom. The Balaban J connectivity index is 0.00000386. The molecule has 2 heteroatoms. The largest absolute Gasteiger partial charge is 0.115 e. The zero-order valence-corrected chi connectivity index (χ0v) is 41.9. The first-order valence-corrected chi connectivity index (χ1v) is 22.6. The fourth-order valence-electron chi connectivity index (χ4n) is 6.10. The van der Waals surface area contributed by atoms with Crippen LogP contribution in [0, 0.1) is 5.41 Å². The summed E-state index contributed by atoms with van der Waals surface area (Å²) in [6.07, 6.45) is 35.2. The lowest BCUT2D eigenvalue weighted by atomic mass is 9.30. The third-order valence-corrected chi connectivity index (χ3v) is 10.2. The minimum Gasteiger partial charge on any atom is -0.0985 e. The number of rotatable bonds is 19. The lowest BCUT2D eigenvalue weighted by molar-refractivity contribution is 0.398. The number of hydrogen-bond donors (Lipinski definition) is 0. The number of hydrogen-bond acceptors (Lipinski definition) is 0. The van der Waals surface area contributed by atoms with Gasteiger partial charge in [-0.1, -0.05) is 261 Å². The minimum atomic E-state index is 0.542. The van der Waals surface area contributed by atoms with Gasteiger partial charge in [-0.15, -0.1) is 0 Å². The molecule has 0 saturated carbocycles. The van der Waals surface area contributed by atoms with Gasteiger partial charge in [-0.3, -0.25) is 0 Å². The van der Waals surface area contributed by atoms with Crippen molar-refractivity contribution < 1.29 is 0 Å². The van der Waals surface area contributed by atoms with E-state index < -0.39 is 0 Å². The maximum absolute atomic E-state index is 4.24. The van der Waals surface area contributed by atoms with Crippen molar-refractivity contribution in [2.45, 2.75) is 110 Å². The van der Waals surface area contributed by atoms with Crippen LogP contribution in [0.15, 0.2) is 240 Å². The van der Waals surface area contributed by atoms with Crippen molar-refractivity contribution in [3.8, 4) is 0 Å². The van der Waals surface area contributed by atoms with Crippen LogP contribution in [0.5, 0.6) is 0 Å². The van der Waals surface area contributed by atoms with Gasteiger partial charge >= 0.3 is 0 Å². The Bertz CT molecular complexity index is 1980. The summed E-state index contributed by atoms with van der Waals surface area (Å²) >= 11 is 0. The van der Waals surface area contributed by atoms with Crippen molar-refractivity contribution >= 4 is 25.5 Å². The highest BCUT2D eigenvalue weighted by Gasteiger charge is 2.23. The predicted octanol–water partition coefficient (Wildman–Crippen LogP) is 18.4. The second-order valence-electron chi connectivity index (χ2n) is 16.2. The minimum absolute atomic E-state index is 0.542. The lowest BCUT2D eigenvalue weighted by Crippen LogP contribution is -2.18. The molecule has 330 valence electrons. The molecule has 0 nitrogen and oxygen atoms in total. The first kappa shape index (κ1) is 57.4. The summed E-state index contributed by atoms with van der Waals surface area (Å²) in [5.41, 5.74) is 15.7. The Morgan fingerprint density at radius 2 is 0.698 bits per heavy atom. The Kier molecular flexibility index (Phi) is 30.1. The summed E-state index contributed by atoms with van der Waals surface area (Å²) in [4.78, 5) is 0. The fraction of sp³-hybridized carbons (Fsp3) is 0.279. The molecule has 0 N–H and O–H groups in total. The van der Waals surface area contributed by atoms with Crippen LogP contribution in [-0.2, 0) is 0 Å². The van der Waals surface area contributed by atoms with Crippen molar-refractivity contribution in [1.82, 2.24) is 0 Å². The van der Waals surface area contributed by atoms with Crippen LogP contribution < -0.4 is 0 Å². The van der Waals surface area contributed by atoms with Gasteiger partial charge in [-0.2, -0.15) is 0 Å². The molecular weight excluding hydrogens is 754 g/mol. The summed E-state index contributed by atoms with van der Waals surface area (Å²) in [6.45, 7) is 46.9. The van der Waals surface area contributed by atoms with Gasteiger partial charge in [0.2, 0.25) is 0 Å². The third-order valence-electron chi connectivity index (χ3n) is 10.2. The average molecular weight is 835 g/mol. The summed E-state index contributed by atoms with van der Waals surface area (Å²) in [5.74, 6) is 0. The highest BCUT2D eigenvalue weighted by Crippen LogP contribution is 2.37. The topological polar surface area (TPSA) is 0 Å². The maximum atomic E-state index is 4.24. The summed E-state index contributed by atoms with van der Waals surface area (Å²) < 4.78 is 0. The van der Waals surface area contributed by atoms with E-state index in [4.69, 9.17) is 0 Å². The van der Waals surface area contributed by atoms with Gasteiger partial charge in [-0.25, -0.2) is 0 Å². The molecule has 2 aromatic carbocycles. The van der Waals surface area contributed by atoms with Crippen LogP contribution in [-0.4, -0.2) is 14.3 Å². The molecule has 0 atom stereocenters. The SMILES string of the molecule is C=CC(=C\C=C/C)/C(C)=C(/C([B][B]C(/C(=C(C)/C(C=C)=C/C=C\C)c1ccccc1)=C(C)\C(C=C)=C\C=C/C)=C(C)/C(C=C)=C/C=C\C)c1ccccc1.CCC.CCC(C)(C)C. The molecule has 0 aliphatic rings. The van der Waals surface area contributed by atoms with Crippen LogP contribution in [0.1, 0.15) is 121 Å². The van der Waals surface area contributed by atoms with Gasteiger partial charge in [0.25, 0.3) is 0 Å². The molecule has 0 aliphatic heterocycles. The standard InChI is InChI=1S/C52H58B2.C6H14.C3H8/c1-13-21-31-43(17-5)39(9)49(47-35-27-25-28-36-47)51(41(11)45(19-7)33-23-15-3)53-54-52(42(12)46(20-8)34-24-16-4)50(48-37-29-26-30-38-48)40(10)44(18-6)32-22-14-2;1-5-6(2,3)4;1-3-2/h13-38H,5-8H2,1-4,9-12H3;5H2,1-4H3;3H2,1-2H3/b21-13-,22-14-,23-15-,24-16-,43-31+,44-32+,45-33+,46-34+,49-39+,50-40+,51-41-,52-42-;;. The van der Waals surface area contributed by atoms with E-state index in [1.807, 2.05) is 76.3 Å². The molecule has 63 heavy (non-hydrogen) atoms. The quantitative estimate of drug-likeness (QED) is 0.0977. The van der Waals surface area contributed by atoms with Crippen molar-refractivity contribution in [3.63, 3.8) is 0 Å². The average Bonchev–Trinajstić information content (AvgIpc) is 3.28. The van der Waals surface area contributed by atoms with Gasteiger partial charge in [0.05, 0.1) is 0 Å². The van der Waals surface area contributed by atoms with E-state index >= 15 is 0 Å². The van der Waals surface area contributed by atoms with Crippen LogP contribution in [0.2, 0.25) is 0 Å². The van der Waals surface area contributed by atoms with E-state index in [2.05, 4.69) is 219 Å². The van der Waals surface area contributed by atoms with E-state index in [-0.39, 0.29) is 0 Å². The monoisotopic (exact) mass is 835 g/mol. The molecule has 0 bridgehead atoms. The second-order valence-corrected chi connectivity index (χ2v) is 16.2. The highest BCUT2D eigenvalue weighted by molar-refractivity contribution is 7.09. The molecule has 0 amide bonds. The Hall–Kier alpha value is -5.59. The molecule has 0 unspecified atom stereocenters. The van der Waals surface area contributed by atoms with Crippen molar-refractivity contribution in [2.75, 3.05) is 0 Å². The maximum Gasteiger partial charge on any atom is 0.115 e. The second kappa shape index (κ2) is 33.0. The molecule has 0 spiro atoms. The molecule has 0 heterocycles. The molecule has 0 saturated heterocycles. The summed E-state index contributed by atoms with van der Waals surface area (Å²) in [6, 6.07) is 21.2. The van der Waals surface area contributed by atoms with E-state index in [0.29, 0.717) is 5.41 Å². The summed E-state index contributed by atoms with van der Waals surface area (Å²) in [5, 5.41) is 0. The highest BCUT2D eigenvalue weighted by atomic mass is 14.2. The molecule has 2 aromatic rings. The first-order valence-electron chi connectivity index (χ1n) is 22.6. The van der Waals surface area contributed by atoms with Gasteiger partial charge in [0.1, 0.15) is 14.3 Å². The van der Waals surface area contributed by atoms with Gasteiger partial charge in [-0.05, 0) is 117 Å². The third kappa shape index (κ3) is 20.4. The smallest absolute Gasteiger partial charge is 0.0985 e. The van der Waals surface area contributed by atoms with E-state index in [1.165, 1.54) is 12.8 Å². The Labute approximate surface area is 389 Å². The normalized spacial score (nSPS) is 14.4. The molecule has 0 aromatic heterocycles. The van der Waals surface area contributed by atoms with E-state index in [0.717, 1.165) is 77.8 Å².